The van der Waals surface area contributed by atoms with Gasteiger partial charge < -0.3 is 9.47 Å². The fourth-order valence-electron chi connectivity index (χ4n) is 1.48. The predicted molar refractivity (Wildman–Crippen MR) is 54.9 cm³/mol. The summed E-state index contributed by atoms with van der Waals surface area (Å²) in [6.07, 6.45) is 0. The van der Waals surface area contributed by atoms with Gasteiger partial charge in [0.25, 0.3) is 0 Å². The van der Waals surface area contributed by atoms with Crippen LogP contribution in [0.15, 0.2) is 18.2 Å². The predicted octanol–water partition coefficient (Wildman–Crippen LogP) is 2.30. The summed E-state index contributed by atoms with van der Waals surface area (Å²) in [6, 6.07) is 5.47. The molecular formula is C10H9BrO3. The number of carbonyl (C=O) groups is 1. The van der Waals surface area contributed by atoms with Crippen LogP contribution in [-0.4, -0.2) is 19.7 Å². The van der Waals surface area contributed by atoms with Crippen molar-refractivity contribution in [2.75, 3.05) is 13.7 Å². The number of alkyl halides is 1. The molecule has 1 aromatic rings. The number of hydrogen-bond donors (Lipinski definition) is 0. The normalized spacial score (nSPS) is 18.6. The number of esters is 1. The maximum absolute atomic E-state index is 11.4. The molecule has 0 fully saturated rings. The highest BCUT2D eigenvalue weighted by atomic mass is 79.9. The van der Waals surface area contributed by atoms with E-state index in [1.165, 1.54) is 7.11 Å². The van der Waals surface area contributed by atoms with Gasteiger partial charge >= 0.3 is 5.97 Å². The monoisotopic (exact) mass is 256 g/mol. The van der Waals surface area contributed by atoms with E-state index in [0.717, 1.165) is 5.56 Å². The molecule has 1 heterocycles. The van der Waals surface area contributed by atoms with Gasteiger partial charge in [-0.25, -0.2) is 4.79 Å². The van der Waals surface area contributed by atoms with Crippen molar-refractivity contribution in [1.29, 1.82) is 0 Å². The van der Waals surface area contributed by atoms with Gasteiger partial charge in [0.1, 0.15) is 17.9 Å². The summed E-state index contributed by atoms with van der Waals surface area (Å²) >= 11 is 3.47. The summed E-state index contributed by atoms with van der Waals surface area (Å²) in [5.74, 6) is 0.282. The number of benzene rings is 1. The Labute approximate surface area is 90.1 Å². The lowest BCUT2D eigenvalue weighted by molar-refractivity contribution is 0.0597. The van der Waals surface area contributed by atoms with E-state index in [0.29, 0.717) is 17.9 Å². The number of rotatable bonds is 1. The van der Waals surface area contributed by atoms with E-state index in [1.54, 1.807) is 6.07 Å². The lowest BCUT2D eigenvalue weighted by atomic mass is 10.1. The maximum Gasteiger partial charge on any atom is 0.341 e. The standard InChI is InChI=1S/C10H9BrO3/c1-13-10(12)7-4-2-3-6-8(11)5-14-9(6)7/h2-4,8H,5H2,1H3. The van der Waals surface area contributed by atoms with E-state index in [4.69, 9.17) is 4.74 Å². The molecule has 0 aromatic heterocycles. The Morgan fingerprint density at radius 3 is 3.14 bits per heavy atom. The zero-order chi connectivity index (χ0) is 10.1. The fourth-order valence-corrected chi connectivity index (χ4v) is 1.97. The van der Waals surface area contributed by atoms with Crippen molar-refractivity contribution in [3.05, 3.63) is 29.3 Å². The Morgan fingerprint density at radius 2 is 2.43 bits per heavy atom. The summed E-state index contributed by atoms with van der Waals surface area (Å²) < 4.78 is 10.1. The lowest BCUT2D eigenvalue weighted by Crippen LogP contribution is -2.03. The van der Waals surface area contributed by atoms with E-state index < -0.39 is 0 Å². The van der Waals surface area contributed by atoms with Gasteiger partial charge in [0.2, 0.25) is 0 Å². The van der Waals surface area contributed by atoms with Gasteiger partial charge in [-0.1, -0.05) is 28.1 Å². The van der Waals surface area contributed by atoms with Crippen molar-refractivity contribution in [3.8, 4) is 5.75 Å². The van der Waals surface area contributed by atoms with E-state index in [-0.39, 0.29) is 10.8 Å². The molecule has 1 unspecified atom stereocenters. The van der Waals surface area contributed by atoms with Crippen molar-refractivity contribution in [2.45, 2.75) is 4.83 Å². The molecule has 3 nitrogen and oxygen atoms in total. The minimum absolute atomic E-state index is 0.169. The van der Waals surface area contributed by atoms with Crippen LogP contribution in [0.3, 0.4) is 0 Å². The topological polar surface area (TPSA) is 35.5 Å². The van der Waals surface area contributed by atoms with Crippen molar-refractivity contribution in [1.82, 2.24) is 0 Å². The van der Waals surface area contributed by atoms with Crippen molar-refractivity contribution >= 4 is 21.9 Å². The average molecular weight is 257 g/mol. The molecule has 4 heteroatoms. The molecule has 0 N–H and O–H groups in total. The first-order valence-electron chi connectivity index (χ1n) is 4.22. The van der Waals surface area contributed by atoms with Crippen LogP contribution in [0.1, 0.15) is 20.7 Å². The second kappa shape index (κ2) is 3.61. The molecule has 0 aliphatic carbocycles. The van der Waals surface area contributed by atoms with E-state index in [9.17, 15) is 4.79 Å². The molecular weight excluding hydrogens is 248 g/mol. The number of para-hydroxylation sites is 1. The van der Waals surface area contributed by atoms with Gasteiger partial charge in [-0.15, -0.1) is 0 Å². The fraction of sp³-hybridized carbons (Fsp3) is 0.300. The first-order valence-corrected chi connectivity index (χ1v) is 5.13. The third kappa shape index (κ3) is 1.39. The second-order valence-corrected chi connectivity index (χ2v) is 4.10. The highest BCUT2D eigenvalue weighted by Gasteiger charge is 2.26. The maximum atomic E-state index is 11.4. The van der Waals surface area contributed by atoms with E-state index in [1.807, 2.05) is 12.1 Å². The summed E-state index contributed by atoms with van der Waals surface area (Å²) in [6.45, 7) is 0.559. The average Bonchev–Trinajstić information content (AvgIpc) is 2.59. The number of methoxy groups -OCH3 is 1. The van der Waals surface area contributed by atoms with Gasteiger partial charge in [0, 0.05) is 5.56 Å². The summed E-state index contributed by atoms with van der Waals surface area (Å²) in [7, 11) is 1.36. The van der Waals surface area contributed by atoms with Crippen molar-refractivity contribution in [2.24, 2.45) is 0 Å². The van der Waals surface area contributed by atoms with Crippen LogP contribution in [0.5, 0.6) is 5.75 Å². The Bertz CT molecular complexity index is 376. The minimum atomic E-state index is -0.358. The van der Waals surface area contributed by atoms with Crippen LogP contribution < -0.4 is 4.74 Å². The summed E-state index contributed by atoms with van der Waals surface area (Å²) in [5, 5.41) is 0. The number of halogens is 1. The molecule has 1 aliphatic heterocycles. The molecule has 74 valence electrons. The molecule has 14 heavy (non-hydrogen) atoms. The van der Waals surface area contributed by atoms with Crippen LogP contribution in [0, 0.1) is 0 Å². The summed E-state index contributed by atoms with van der Waals surface area (Å²) in [5.41, 5.74) is 1.50. The van der Waals surface area contributed by atoms with E-state index in [2.05, 4.69) is 20.7 Å². The first-order chi connectivity index (χ1) is 6.74. The Balaban J connectivity index is 2.49. The van der Waals surface area contributed by atoms with Gasteiger partial charge in [-0.2, -0.15) is 0 Å². The van der Waals surface area contributed by atoms with E-state index >= 15 is 0 Å². The zero-order valence-corrected chi connectivity index (χ0v) is 9.21. The Hall–Kier alpha value is -1.03. The van der Waals surface area contributed by atoms with Crippen LogP contribution >= 0.6 is 15.9 Å². The molecule has 0 radical (unpaired) electrons. The molecule has 0 bridgehead atoms. The molecule has 0 spiro atoms. The molecule has 0 saturated heterocycles. The second-order valence-electron chi connectivity index (χ2n) is 2.99. The van der Waals surface area contributed by atoms with Crippen LogP contribution in [-0.2, 0) is 4.74 Å². The highest BCUT2D eigenvalue weighted by molar-refractivity contribution is 9.09. The van der Waals surface area contributed by atoms with Crippen LogP contribution in [0.25, 0.3) is 0 Å². The van der Waals surface area contributed by atoms with Crippen molar-refractivity contribution in [3.63, 3.8) is 0 Å². The number of fused-ring (bicyclic) bond motifs is 1. The third-order valence-corrected chi connectivity index (χ3v) is 2.92. The third-order valence-electron chi connectivity index (χ3n) is 2.16. The van der Waals surface area contributed by atoms with Crippen LogP contribution in [0.4, 0.5) is 0 Å². The largest absolute Gasteiger partial charge is 0.491 e. The quantitative estimate of drug-likeness (QED) is 0.572. The highest BCUT2D eigenvalue weighted by Crippen LogP contribution is 2.39. The number of hydrogen-bond acceptors (Lipinski definition) is 3. The van der Waals surface area contributed by atoms with Crippen molar-refractivity contribution < 1.29 is 14.3 Å². The molecule has 2 rings (SSSR count). The van der Waals surface area contributed by atoms with Gasteiger partial charge in [0.15, 0.2) is 0 Å². The van der Waals surface area contributed by atoms with Gasteiger partial charge in [-0.05, 0) is 6.07 Å². The molecule has 1 aromatic carbocycles. The first kappa shape index (κ1) is 9.52. The molecule has 1 atom stereocenters. The van der Waals surface area contributed by atoms with Crippen LogP contribution in [0.2, 0.25) is 0 Å². The Morgan fingerprint density at radius 1 is 1.64 bits per heavy atom. The molecule has 1 aliphatic rings. The van der Waals surface area contributed by atoms with Gasteiger partial charge in [-0.3, -0.25) is 0 Å². The Kier molecular flexibility index (Phi) is 2.46. The molecule has 0 saturated carbocycles. The number of ether oxygens (including phenoxy) is 2. The van der Waals surface area contributed by atoms with Gasteiger partial charge in [0.05, 0.1) is 11.9 Å². The smallest absolute Gasteiger partial charge is 0.341 e. The zero-order valence-electron chi connectivity index (χ0n) is 7.62. The minimum Gasteiger partial charge on any atom is -0.491 e. The SMILES string of the molecule is COC(=O)c1cccc2c1OCC2Br. The summed E-state index contributed by atoms with van der Waals surface area (Å²) in [4.78, 5) is 11.5. The number of carbonyl (C=O) groups excluding carboxylic acids is 1. The lowest BCUT2D eigenvalue weighted by Gasteiger charge is -2.05. The molecule has 0 amide bonds.